The van der Waals surface area contributed by atoms with E-state index in [2.05, 4.69) is 11.1 Å². The summed E-state index contributed by atoms with van der Waals surface area (Å²) in [5.41, 5.74) is 2.85. The minimum Gasteiger partial charge on any atom is -0.494 e. The summed E-state index contributed by atoms with van der Waals surface area (Å²) in [5.74, 6) is 1.10. The molecule has 1 amide bonds. The van der Waals surface area contributed by atoms with Crippen molar-refractivity contribution in [2.24, 2.45) is 0 Å². The van der Waals surface area contributed by atoms with Crippen LogP contribution in [0.3, 0.4) is 0 Å². The van der Waals surface area contributed by atoms with Crippen molar-refractivity contribution in [3.8, 4) is 11.6 Å². The second kappa shape index (κ2) is 7.96. The number of rotatable bonds is 5. The lowest BCUT2D eigenvalue weighted by Crippen LogP contribution is -2.36. The van der Waals surface area contributed by atoms with Crippen LogP contribution in [0.15, 0.2) is 30.5 Å². The minimum atomic E-state index is -0.0806. The molecule has 138 valence electrons. The highest BCUT2D eigenvalue weighted by molar-refractivity contribution is 6.32. The van der Waals surface area contributed by atoms with Crippen molar-refractivity contribution >= 4 is 17.5 Å². The zero-order valence-electron chi connectivity index (χ0n) is 15.3. The van der Waals surface area contributed by atoms with Crippen molar-refractivity contribution in [3.05, 3.63) is 52.2 Å². The molecule has 1 aromatic carbocycles. The number of hydrogen-bond acceptors (Lipinski definition) is 4. The summed E-state index contributed by atoms with van der Waals surface area (Å²) in [6.45, 7) is 7.60. The number of carbonyl (C=O) groups excluding carboxylic acids is 1. The number of nitrogens with zero attached hydrogens (tertiary/aromatic N) is 2. The molecule has 0 spiro atoms. The number of halogens is 1. The molecule has 0 aliphatic carbocycles. The van der Waals surface area contributed by atoms with E-state index in [0.717, 1.165) is 17.7 Å². The standard InChI is InChI=1S/C20H23ClN2O3/c1-4-25-17-6-5-14-7-8-23(12-16(14)9-17)20(24)15-10-18(21)19(22-11-15)26-13(2)3/h5-6,9-11,13H,4,7-8,12H2,1-3H3. The van der Waals surface area contributed by atoms with Gasteiger partial charge in [-0.25, -0.2) is 4.98 Å². The molecule has 0 N–H and O–H groups in total. The molecular formula is C20H23ClN2O3. The molecule has 0 saturated heterocycles. The Bertz CT molecular complexity index is 808. The van der Waals surface area contributed by atoms with Crippen molar-refractivity contribution in [2.75, 3.05) is 13.2 Å². The van der Waals surface area contributed by atoms with E-state index in [9.17, 15) is 4.79 Å². The molecule has 0 bridgehead atoms. The van der Waals surface area contributed by atoms with E-state index < -0.39 is 0 Å². The molecule has 2 heterocycles. The van der Waals surface area contributed by atoms with Crippen molar-refractivity contribution in [2.45, 2.75) is 39.8 Å². The Morgan fingerprint density at radius 3 is 2.81 bits per heavy atom. The fourth-order valence-corrected chi connectivity index (χ4v) is 3.21. The van der Waals surface area contributed by atoms with E-state index in [1.165, 1.54) is 11.8 Å². The van der Waals surface area contributed by atoms with Gasteiger partial charge in [0.2, 0.25) is 5.88 Å². The summed E-state index contributed by atoms with van der Waals surface area (Å²) in [7, 11) is 0. The molecule has 0 radical (unpaired) electrons. The van der Waals surface area contributed by atoms with Crippen LogP contribution in [0, 0.1) is 0 Å². The van der Waals surface area contributed by atoms with Gasteiger partial charge in [-0.3, -0.25) is 4.79 Å². The Morgan fingerprint density at radius 2 is 2.12 bits per heavy atom. The highest BCUT2D eigenvalue weighted by Gasteiger charge is 2.23. The molecule has 0 unspecified atom stereocenters. The third-order valence-corrected chi connectivity index (χ3v) is 4.46. The Morgan fingerprint density at radius 1 is 1.31 bits per heavy atom. The van der Waals surface area contributed by atoms with E-state index in [4.69, 9.17) is 21.1 Å². The summed E-state index contributed by atoms with van der Waals surface area (Å²) in [4.78, 5) is 18.9. The van der Waals surface area contributed by atoms with Crippen LogP contribution in [0.1, 0.15) is 42.3 Å². The molecule has 3 rings (SSSR count). The number of benzene rings is 1. The Hall–Kier alpha value is -2.27. The maximum atomic E-state index is 12.9. The SMILES string of the molecule is CCOc1ccc2c(c1)CN(C(=O)c1cnc(OC(C)C)c(Cl)c1)CC2. The van der Waals surface area contributed by atoms with Crippen LogP contribution in [0.4, 0.5) is 0 Å². The average Bonchev–Trinajstić information content (AvgIpc) is 2.62. The number of ether oxygens (including phenoxy) is 2. The predicted molar refractivity (Wildman–Crippen MR) is 101 cm³/mol. The van der Waals surface area contributed by atoms with Crippen LogP contribution in [-0.2, 0) is 13.0 Å². The van der Waals surface area contributed by atoms with Crippen molar-refractivity contribution in [1.82, 2.24) is 9.88 Å². The first-order chi connectivity index (χ1) is 12.5. The fourth-order valence-electron chi connectivity index (χ4n) is 3.00. The highest BCUT2D eigenvalue weighted by Crippen LogP contribution is 2.27. The first-order valence-corrected chi connectivity index (χ1v) is 9.21. The van der Waals surface area contributed by atoms with Gasteiger partial charge in [-0.2, -0.15) is 0 Å². The topological polar surface area (TPSA) is 51.7 Å². The van der Waals surface area contributed by atoms with Crippen LogP contribution < -0.4 is 9.47 Å². The summed E-state index contributed by atoms with van der Waals surface area (Å²) in [5, 5.41) is 0.348. The van der Waals surface area contributed by atoms with Gasteiger partial charge in [0.05, 0.1) is 18.3 Å². The van der Waals surface area contributed by atoms with E-state index in [1.807, 2.05) is 37.8 Å². The van der Waals surface area contributed by atoms with Crippen LogP contribution in [0.2, 0.25) is 5.02 Å². The summed E-state index contributed by atoms with van der Waals surface area (Å²) >= 11 is 6.22. The smallest absolute Gasteiger partial charge is 0.255 e. The lowest BCUT2D eigenvalue weighted by atomic mass is 9.99. The van der Waals surface area contributed by atoms with Gasteiger partial charge in [0.15, 0.2) is 0 Å². The second-order valence-electron chi connectivity index (χ2n) is 6.52. The zero-order valence-corrected chi connectivity index (χ0v) is 16.0. The molecule has 6 heteroatoms. The predicted octanol–water partition coefficient (Wildman–Crippen LogP) is 4.12. The second-order valence-corrected chi connectivity index (χ2v) is 6.93. The molecule has 5 nitrogen and oxygen atoms in total. The van der Waals surface area contributed by atoms with E-state index in [0.29, 0.717) is 36.2 Å². The van der Waals surface area contributed by atoms with Gasteiger partial charge in [-0.1, -0.05) is 17.7 Å². The van der Waals surface area contributed by atoms with Gasteiger partial charge < -0.3 is 14.4 Å². The largest absolute Gasteiger partial charge is 0.494 e. The summed E-state index contributed by atoms with van der Waals surface area (Å²) in [6, 6.07) is 7.71. The van der Waals surface area contributed by atoms with Gasteiger partial charge in [0.1, 0.15) is 10.8 Å². The highest BCUT2D eigenvalue weighted by atomic mass is 35.5. The third-order valence-electron chi connectivity index (χ3n) is 4.19. The summed E-state index contributed by atoms with van der Waals surface area (Å²) in [6.07, 6.45) is 2.32. The van der Waals surface area contributed by atoms with Crippen LogP contribution >= 0.6 is 11.6 Å². The van der Waals surface area contributed by atoms with E-state index in [1.54, 1.807) is 6.07 Å². The molecule has 26 heavy (non-hydrogen) atoms. The molecule has 0 saturated carbocycles. The van der Waals surface area contributed by atoms with Crippen molar-refractivity contribution < 1.29 is 14.3 Å². The Kier molecular flexibility index (Phi) is 5.67. The normalized spacial score (nSPS) is 13.5. The molecule has 2 aromatic rings. The fraction of sp³-hybridized carbons (Fsp3) is 0.400. The number of amides is 1. The monoisotopic (exact) mass is 374 g/mol. The molecule has 1 aromatic heterocycles. The summed E-state index contributed by atoms with van der Waals surface area (Å²) < 4.78 is 11.1. The number of pyridine rings is 1. The van der Waals surface area contributed by atoms with E-state index in [-0.39, 0.29) is 12.0 Å². The maximum Gasteiger partial charge on any atom is 0.255 e. The quantitative estimate of drug-likeness (QED) is 0.790. The van der Waals surface area contributed by atoms with Crippen LogP contribution in [0.25, 0.3) is 0 Å². The van der Waals surface area contributed by atoms with Crippen LogP contribution in [0.5, 0.6) is 11.6 Å². The lowest BCUT2D eigenvalue weighted by molar-refractivity contribution is 0.0734. The first kappa shape index (κ1) is 18.5. The van der Waals surface area contributed by atoms with Crippen molar-refractivity contribution in [3.63, 3.8) is 0 Å². The van der Waals surface area contributed by atoms with Crippen molar-refractivity contribution in [1.29, 1.82) is 0 Å². The molecule has 0 fully saturated rings. The molecule has 0 atom stereocenters. The number of hydrogen-bond donors (Lipinski definition) is 0. The number of carbonyl (C=O) groups is 1. The van der Waals surface area contributed by atoms with Crippen LogP contribution in [-0.4, -0.2) is 35.0 Å². The van der Waals surface area contributed by atoms with Gasteiger partial charge >= 0.3 is 0 Å². The van der Waals surface area contributed by atoms with Gasteiger partial charge in [0.25, 0.3) is 5.91 Å². The van der Waals surface area contributed by atoms with Gasteiger partial charge in [-0.05, 0) is 56.5 Å². The average molecular weight is 375 g/mol. The molecular weight excluding hydrogens is 352 g/mol. The lowest BCUT2D eigenvalue weighted by Gasteiger charge is -2.29. The Labute approximate surface area is 158 Å². The third kappa shape index (κ3) is 4.10. The molecule has 1 aliphatic heterocycles. The van der Waals surface area contributed by atoms with Gasteiger partial charge in [-0.15, -0.1) is 0 Å². The Balaban J connectivity index is 1.76. The zero-order chi connectivity index (χ0) is 18.7. The van der Waals surface area contributed by atoms with E-state index >= 15 is 0 Å². The van der Waals surface area contributed by atoms with Gasteiger partial charge in [0, 0.05) is 19.3 Å². The number of fused-ring (bicyclic) bond motifs is 1. The minimum absolute atomic E-state index is 0.0281. The molecule has 1 aliphatic rings. The number of aromatic nitrogens is 1. The first-order valence-electron chi connectivity index (χ1n) is 8.84. The maximum absolute atomic E-state index is 12.9.